The molecule has 2 N–H and O–H groups in total. The molecule has 7 nitrogen and oxygen atoms in total. The van der Waals surface area contributed by atoms with Crippen molar-refractivity contribution in [2.75, 3.05) is 24.6 Å². The molecule has 202 valence electrons. The Labute approximate surface area is 236 Å². The van der Waals surface area contributed by atoms with Crippen molar-refractivity contribution in [2.45, 2.75) is 63.1 Å². The quantitative estimate of drug-likeness (QED) is 0.353. The Morgan fingerprint density at radius 3 is 2.87 bits per heavy atom. The van der Waals surface area contributed by atoms with Crippen molar-refractivity contribution in [3.8, 4) is 11.1 Å². The smallest absolute Gasteiger partial charge is 0.267 e. The summed E-state index contributed by atoms with van der Waals surface area (Å²) in [6.45, 7) is 4.62. The minimum Gasteiger partial charge on any atom is -0.395 e. The summed E-state index contributed by atoms with van der Waals surface area (Å²) in [6, 6.07) is 10.6. The minimum atomic E-state index is -0.0582. The van der Waals surface area contributed by atoms with Crippen LogP contribution in [-0.2, 0) is 18.4 Å². The molecule has 2 aliphatic heterocycles. The maximum absolute atomic E-state index is 12.9. The molecule has 0 bridgehead atoms. The van der Waals surface area contributed by atoms with Crippen molar-refractivity contribution in [1.82, 2.24) is 20.1 Å². The lowest BCUT2D eigenvalue weighted by Crippen LogP contribution is -2.40. The van der Waals surface area contributed by atoms with Crippen LogP contribution >= 0.6 is 22.9 Å². The predicted octanol–water partition coefficient (Wildman–Crippen LogP) is 4.75. The maximum atomic E-state index is 12.9. The maximum Gasteiger partial charge on any atom is 0.267 e. The summed E-state index contributed by atoms with van der Waals surface area (Å²) in [7, 11) is 0. The second-order valence-corrected chi connectivity index (χ2v) is 13.1. The molecule has 1 aromatic carbocycles. The Morgan fingerprint density at radius 2 is 2.10 bits per heavy atom. The number of nitrogens with zero attached hydrogens (tertiary/aromatic N) is 4. The molecule has 9 heteroatoms. The molecule has 39 heavy (non-hydrogen) atoms. The number of thiophene rings is 1. The molecule has 7 rings (SSSR count). The van der Waals surface area contributed by atoms with E-state index in [-0.39, 0.29) is 23.6 Å². The normalized spacial score (nSPS) is 21.9. The standard InChI is InChI=1S/C30H32ClN5O2S/c1-30(5-6-30)19-10-27(38)36(34-14-19)16-23-13-26-29(39-23)24(4-7-32-26)25-11-20(31)9-18-3-2-8-35(28(18)25)22-12-21(17-37)33-15-22/h4,7,9-11,13-14,21-22,33,37H,2-3,5-6,8,12,15-17H2,1H3/t21-,22+/m1/s1. The van der Waals surface area contributed by atoms with Crippen LogP contribution in [0.5, 0.6) is 0 Å². The van der Waals surface area contributed by atoms with Gasteiger partial charge in [0.1, 0.15) is 0 Å². The number of rotatable bonds is 6. The van der Waals surface area contributed by atoms with E-state index < -0.39 is 0 Å². The molecule has 1 saturated heterocycles. The topological polar surface area (TPSA) is 83.3 Å². The second-order valence-electron chi connectivity index (χ2n) is 11.5. The molecule has 3 aliphatic rings. The Morgan fingerprint density at radius 1 is 1.23 bits per heavy atom. The first-order chi connectivity index (χ1) is 18.9. The van der Waals surface area contributed by atoms with E-state index in [0.717, 1.165) is 82.0 Å². The van der Waals surface area contributed by atoms with E-state index in [1.807, 2.05) is 12.4 Å². The molecule has 0 spiro atoms. The summed E-state index contributed by atoms with van der Waals surface area (Å²) in [6.07, 6.45) is 8.96. The van der Waals surface area contributed by atoms with Gasteiger partial charge in [-0.1, -0.05) is 18.5 Å². The summed E-state index contributed by atoms with van der Waals surface area (Å²) in [5, 5.41) is 18.4. The molecule has 2 fully saturated rings. The van der Waals surface area contributed by atoms with Gasteiger partial charge in [-0.3, -0.25) is 9.78 Å². The van der Waals surface area contributed by atoms with Crippen LogP contribution in [0, 0.1) is 0 Å². The molecule has 5 heterocycles. The largest absolute Gasteiger partial charge is 0.395 e. The van der Waals surface area contributed by atoms with E-state index in [2.05, 4.69) is 51.5 Å². The average Bonchev–Trinajstić information content (AvgIpc) is 3.33. The Balaban J connectivity index is 1.27. The van der Waals surface area contributed by atoms with Gasteiger partial charge in [-0.25, -0.2) is 4.68 Å². The number of aryl methyl sites for hydroxylation is 1. The molecular formula is C30H32ClN5O2S. The number of benzene rings is 1. The number of aromatic nitrogens is 3. The zero-order chi connectivity index (χ0) is 26.7. The van der Waals surface area contributed by atoms with Gasteiger partial charge in [0, 0.05) is 64.2 Å². The number of hydrogen-bond acceptors (Lipinski definition) is 7. The Kier molecular flexibility index (Phi) is 6.27. The second kappa shape index (κ2) is 9.70. The third kappa shape index (κ3) is 4.57. The molecule has 0 amide bonds. The van der Waals surface area contributed by atoms with Gasteiger partial charge in [-0.2, -0.15) is 5.10 Å². The summed E-state index contributed by atoms with van der Waals surface area (Å²) in [4.78, 5) is 21.1. The summed E-state index contributed by atoms with van der Waals surface area (Å²) < 4.78 is 2.64. The lowest BCUT2D eigenvalue weighted by atomic mass is 9.92. The molecule has 1 aliphatic carbocycles. The lowest BCUT2D eigenvalue weighted by molar-refractivity contribution is 0.254. The van der Waals surface area contributed by atoms with Gasteiger partial charge in [0.05, 0.1) is 29.6 Å². The van der Waals surface area contributed by atoms with Crippen LogP contribution in [0.15, 0.2) is 47.5 Å². The van der Waals surface area contributed by atoms with Crippen LogP contribution in [0.25, 0.3) is 21.3 Å². The Hall–Kier alpha value is -2.78. The van der Waals surface area contributed by atoms with Gasteiger partial charge in [-0.15, -0.1) is 11.3 Å². The van der Waals surface area contributed by atoms with Crippen molar-refractivity contribution < 1.29 is 5.11 Å². The van der Waals surface area contributed by atoms with Crippen molar-refractivity contribution in [1.29, 1.82) is 0 Å². The van der Waals surface area contributed by atoms with E-state index in [1.54, 1.807) is 22.1 Å². The van der Waals surface area contributed by atoms with Gasteiger partial charge in [-0.05, 0) is 72.9 Å². The first-order valence-corrected chi connectivity index (χ1v) is 15.0. The van der Waals surface area contributed by atoms with Crippen LogP contribution < -0.4 is 15.8 Å². The highest BCUT2D eigenvalue weighted by molar-refractivity contribution is 7.19. The van der Waals surface area contributed by atoms with E-state index in [9.17, 15) is 9.90 Å². The SMILES string of the molecule is CC1(c2cnn(Cc3cc4nccc(-c5cc(Cl)cc6c5N([C@@H]5CN[C@@H](CO)C5)CCC6)c4s3)c(=O)c2)CC1. The molecule has 1 saturated carbocycles. The minimum absolute atomic E-state index is 0.0582. The Bertz CT molecular complexity index is 1630. The number of anilines is 1. The highest BCUT2D eigenvalue weighted by atomic mass is 35.5. The molecule has 2 atom stereocenters. The number of pyridine rings is 1. The van der Waals surface area contributed by atoms with Gasteiger partial charge in [0.2, 0.25) is 0 Å². The van der Waals surface area contributed by atoms with Crippen molar-refractivity contribution >= 4 is 38.8 Å². The fourth-order valence-corrected chi connectivity index (χ4v) is 7.63. The first kappa shape index (κ1) is 25.2. The summed E-state index contributed by atoms with van der Waals surface area (Å²) in [5.74, 6) is 0. The first-order valence-electron chi connectivity index (χ1n) is 13.8. The zero-order valence-corrected chi connectivity index (χ0v) is 23.6. The number of fused-ring (bicyclic) bond motifs is 2. The summed E-state index contributed by atoms with van der Waals surface area (Å²) >= 11 is 8.36. The van der Waals surface area contributed by atoms with Gasteiger partial charge in [0.15, 0.2) is 0 Å². The van der Waals surface area contributed by atoms with Crippen molar-refractivity contribution in [3.05, 3.63) is 74.1 Å². The number of aliphatic hydroxyl groups is 1. The van der Waals surface area contributed by atoms with Crippen LogP contribution in [0.1, 0.15) is 48.6 Å². The third-order valence-electron chi connectivity index (χ3n) is 8.77. The number of aliphatic hydroxyl groups excluding tert-OH is 1. The molecule has 0 radical (unpaired) electrons. The van der Waals surface area contributed by atoms with E-state index >= 15 is 0 Å². The highest BCUT2D eigenvalue weighted by Crippen LogP contribution is 2.47. The van der Waals surface area contributed by atoms with E-state index in [0.29, 0.717) is 12.6 Å². The third-order valence-corrected chi connectivity index (χ3v) is 10.1. The van der Waals surface area contributed by atoms with Crippen LogP contribution in [0.3, 0.4) is 0 Å². The fourth-order valence-electron chi connectivity index (χ4n) is 6.27. The zero-order valence-electron chi connectivity index (χ0n) is 22.0. The number of halogens is 1. The number of nitrogens with one attached hydrogen (secondary N) is 1. The fraction of sp³-hybridized carbons (Fsp3) is 0.433. The van der Waals surface area contributed by atoms with Crippen LogP contribution in [-0.4, -0.2) is 51.7 Å². The molecule has 4 aromatic rings. The van der Waals surface area contributed by atoms with Crippen LogP contribution in [0.4, 0.5) is 5.69 Å². The summed E-state index contributed by atoms with van der Waals surface area (Å²) in [5.41, 5.74) is 6.80. The highest BCUT2D eigenvalue weighted by Gasteiger charge is 2.39. The lowest BCUT2D eigenvalue weighted by Gasteiger charge is -2.38. The van der Waals surface area contributed by atoms with Gasteiger partial charge in [0.25, 0.3) is 5.56 Å². The predicted molar refractivity (Wildman–Crippen MR) is 157 cm³/mol. The van der Waals surface area contributed by atoms with Crippen molar-refractivity contribution in [3.63, 3.8) is 0 Å². The van der Waals surface area contributed by atoms with Crippen LogP contribution in [0.2, 0.25) is 5.02 Å². The molecule has 0 unspecified atom stereocenters. The average molecular weight is 562 g/mol. The van der Waals surface area contributed by atoms with Gasteiger partial charge < -0.3 is 15.3 Å². The van der Waals surface area contributed by atoms with E-state index in [4.69, 9.17) is 11.6 Å². The van der Waals surface area contributed by atoms with E-state index in [1.165, 1.54) is 11.3 Å². The monoisotopic (exact) mass is 561 g/mol. The van der Waals surface area contributed by atoms with Crippen molar-refractivity contribution in [2.24, 2.45) is 0 Å². The number of hydrogen-bond donors (Lipinski definition) is 2. The van der Waals surface area contributed by atoms with Gasteiger partial charge >= 0.3 is 0 Å². The molecular weight excluding hydrogens is 530 g/mol. The molecule has 3 aromatic heterocycles.